The Morgan fingerprint density at radius 1 is 0.923 bits per heavy atom. The highest BCUT2D eigenvalue weighted by Gasteiger charge is 2.28. The van der Waals surface area contributed by atoms with Crippen LogP contribution in [0.1, 0.15) is 43.7 Å². The summed E-state index contributed by atoms with van der Waals surface area (Å²) in [4.78, 5) is 5.40. The number of hydrogen-bond acceptors (Lipinski definition) is 2. The molecule has 0 N–H and O–H groups in total. The van der Waals surface area contributed by atoms with Crippen LogP contribution < -0.4 is 4.90 Å². The zero-order valence-electron chi connectivity index (χ0n) is 16.1. The van der Waals surface area contributed by atoms with E-state index in [9.17, 15) is 0 Å². The molecule has 0 bridgehead atoms. The topological polar surface area (TPSA) is 6.48 Å². The molecule has 1 aliphatic heterocycles. The van der Waals surface area contributed by atoms with Gasteiger partial charge in [0.05, 0.1) is 0 Å². The van der Waals surface area contributed by atoms with Crippen LogP contribution in [-0.4, -0.2) is 36.6 Å². The monoisotopic (exact) mass is 348 g/mol. The van der Waals surface area contributed by atoms with Gasteiger partial charge in [-0.3, -0.25) is 0 Å². The number of anilines is 1. The van der Waals surface area contributed by atoms with Gasteiger partial charge < -0.3 is 9.80 Å². The molecule has 1 unspecified atom stereocenters. The van der Waals surface area contributed by atoms with Crippen LogP contribution in [0.4, 0.5) is 5.69 Å². The largest absolute Gasteiger partial charge is 0.368 e. The second-order valence-electron chi connectivity index (χ2n) is 7.93. The molecule has 2 heteroatoms. The fourth-order valence-electron chi connectivity index (χ4n) is 4.99. The molecule has 1 aliphatic carbocycles. The van der Waals surface area contributed by atoms with Crippen molar-refractivity contribution in [3.05, 3.63) is 65.7 Å². The van der Waals surface area contributed by atoms with Gasteiger partial charge in [0.25, 0.3) is 0 Å². The highest BCUT2D eigenvalue weighted by atomic mass is 15.2. The highest BCUT2D eigenvalue weighted by Crippen LogP contribution is 2.30. The summed E-state index contributed by atoms with van der Waals surface area (Å²) >= 11 is 0. The standard InChI is InChI=1S/C24H32N2/c1-2-25-16-9-8-12-22(25)15-17-26(23-13-4-3-5-14-23)24-18-20-10-6-7-11-21(20)19-24/h3-7,10-11,13-14,22,24H,2,8-9,12,15-19H2,1H3. The van der Waals surface area contributed by atoms with Crippen LogP contribution in [0.5, 0.6) is 0 Å². The molecule has 0 saturated carbocycles. The van der Waals surface area contributed by atoms with Gasteiger partial charge in [0, 0.05) is 24.3 Å². The second-order valence-corrected chi connectivity index (χ2v) is 7.93. The first-order valence-electron chi connectivity index (χ1n) is 10.5. The summed E-state index contributed by atoms with van der Waals surface area (Å²) in [6.07, 6.45) is 7.82. The molecule has 0 amide bonds. The average molecular weight is 349 g/mol. The van der Waals surface area contributed by atoms with Crippen molar-refractivity contribution in [1.29, 1.82) is 0 Å². The third-order valence-corrected chi connectivity index (χ3v) is 6.42. The van der Waals surface area contributed by atoms with Gasteiger partial charge in [-0.25, -0.2) is 0 Å². The van der Waals surface area contributed by atoms with Crippen LogP contribution >= 0.6 is 0 Å². The number of piperidine rings is 1. The van der Waals surface area contributed by atoms with Crippen LogP contribution in [0, 0.1) is 0 Å². The number of rotatable bonds is 6. The van der Waals surface area contributed by atoms with Gasteiger partial charge in [-0.15, -0.1) is 0 Å². The Morgan fingerprint density at radius 2 is 1.62 bits per heavy atom. The SMILES string of the molecule is CCN1CCCCC1CCN(c1ccccc1)C1Cc2ccccc2C1. The predicted octanol–water partition coefficient (Wildman–Crippen LogP) is 4.92. The van der Waals surface area contributed by atoms with Crippen molar-refractivity contribution < 1.29 is 0 Å². The van der Waals surface area contributed by atoms with E-state index < -0.39 is 0 Å². The Labute approximate surface area is 158 Å². The normalized spacial score (nSPS) is 20.9. The van der Waals surface area contributed by atoms with Crippen LogP contribution in [0.25, 0.3) is 0 Å². The smallest absolute Gasteiger partial charge is 0.0370 e. The summed E-state index contributed by atoms with van der Waals surface area (Å²) in [5.41, 5.74) is 4.49. The maximum absolute atomic E-state index is 2.70. The van der Waals surface area contributed by atoms with Crippen LogP contribution in [-0.2, 0) is 12.8 Å². The van der Waals surface area contributed by atoms with E-state index in [4.69, 9.17) is 0 Å². The van der Waals surface area contributed by atoms with E-state index in [0.29, 0.717) is 6.04 Å². The molecule has 1 saturated heterocycles. The zero-order valence-corrected chi connectivity index (χ0v) is 16.1. The molecule has 0 aromatic heterocycles. The second kappa shape index (κ2) is 8.26. The van der Waals surface area contributed by atoms with Crippen molar-refractivity contribution in [2.24, 2.45) is 0 Å². The van der Waals surface area contributed by atoms with E-state index in [1.165, 1.54) is 63.8 Å². The van der Waals surface area contributed by atoms with E-state index in [-0.39, 0.29) is 0 Å². The Balaban J connectivity index is 1.49. The molecule has 0 spiro atoms. The fraction of sp³-hybridized carbons (Fsp3) is 0.500. The molecular weight excluding hydrogens is 316 g/mol. The molecule has 0 radical (unpaired) electrons. The molecule has 138 valence electrons. The minimum atomic E-state index is 0.605. The summed E-state index contributed by atoms with van der Waals surface area (Å²) < 4.78 is 0. The minimum absolute atomic E-state index is 0.605. The molecule has 2 aromatic rings. The lowest BCUT2D eigenvalue weighted by Gasteiger charge is -2.38. The third kappa shape index (κ3) is 3.81. The summed E-state index contributed by atoms with van der Waals surface area (Å²) in [6.45, 7) is 5.98. The number of likely N-dealkylation sites (tertiary alicyclic amines) is 1. The van der Waals surface area contributed by atoms with E-state index in [1.54, 1.807) is 11.1 Å². The first-order chi connectivity index (χ1) is 12.8. The molecule has 4 rings (SSSR count). The fourth-order valence-corrected chi connectivity index (χ4v) is 4.99. The van der Waals surface area contributed by atoms with E-state index in [0.717, 1.165) is 6.04 Å². The van der Waals surface area contributed by atoms with E-state index in [1.807, 2.05) is 0 Å². The lowest BCUT2D eigenvalue weighted by atomic mass is 9.98. The minimum Gasteiger partial charge on any atom is -0.368 e. The molecule has 26 heavy (non-hydrogen) atoms. The average Bonchev–Trinajstić information content (AvgIpc) is 3.13. The molecule has 2 nitrogen and oxygen atoms in total. The summed E-state index contributed by atoms with van der Waals surface area (Å²) in [5.74, 6) is 0. The van der Waals surface area contributed by atoms with E-state index in [2.05, 4.69) is 71.3 Å². The van der Waals surface area contributed by atoms with Crippen LogP contribution in [0.2, 0.25) is 0 Å². The van der Waals surface area contributed by atoms with Gasteiger partial charge in [-0.05, 0) is 68.5 Å². The van der Waals surface area contributed by atoms with Gasteiger partial charge in [0.2, 0.25) is 0 Å². The van der Waals surface area contributed by atoms with Crippen molar-refractivity contribution in [3.63, 3.8) is 0 Å². The van der Waals surface area contributed by atoms with Gasteiger partial charge in [-0.2, -0.15) is 0 Å². The van der Waals surface area contributed by atoms with Crippen molar-refractivity contribution in [2.45, 2.75) is 57.5 Å². The maximum atomic E-state index is 2.70. The first-order valence-corrected chi connectivity index (χ1v) is 10.5. The Morgan fingerprint density at radius 3 is 2.31 bits per heavy atom. The summed E-state index contributed by atoms with van der Waals surface area (Å²) in [7, 11) is 0. The highest BCUT2D eigenvalue weighted by molar-refractivity contribution is 5.49. The van der Waals surface area contributed by atoms with Gasteiger partial charge >= 0.3 is 0 Å². The Bertz CT molecular complexity index is 671. The lowest BCUT2D eigenvalue weighted by Crippen LogP contribution is -2.43. The first kappa shape index (κ1) is 17.6. The number of hydrogen-bond donors (Lipinski definition) is 0. The summed E-state index contributed by atoms with van der Waals surface area (Å²) in [5, 5.41) is 0. The lowest BCUT2D eigenvalue weighted by molar-refractivity contribution is 0.149. The third-order valence-electron chi connectivity index (χ3n) is 6.42. The maximum Gasteiger partial charge on any atom is 0.0370 e. The van der Waals surface area contributed by atoms with Crippen LogP contribution in [0.15, 0.2) is 54.6 Å². The molecule has 1 atom stereocenters. The van der Waals surface area contributed by atoms with Crippen molar-refractivity contribution >= 4 is 5.69 Å². The summed E-state index contributed by atoms with van der Waals surface area (Å²) in [6, 6.07) is 21.5. The van der Waals surface area contributed by atoms with Gasteiger partial charge in [0.1, 0.15) is 0 Å². The zero-order chi connectivity index (χ0) is 17.8. The molecule has 2 aromatic carbocycles. The Kier molecular flexibility index (Phi) is 5.59. The predicted molar refractivity (Wildman–Crippen MR) is 111 cm³/mol. The van der Waals surface area contributed by atoms with Crippen molar-refractivity contribution in [3.8, 4) is 0 Å². The number of nitrogens with zero attached hydrogens (tertiary/aromatic N) is 2. The van der Waals surface area contributed by atoms with Gasteiger partial charge in [-0.1, -0.05) is 55.8 Å². The molecule has 1 heterocycles. The van der Waals surface area contributed by atoms with Crippen molar-refractivity contribution in [2.75, 3.05) is 24.5 Å². The number of fused-ring (bicyclic) bond motifs is 1. The number of para-hydroxylation sites is 1. The quantitative estimate of drug-likeness (QED) is 0.731. The van der Waals surface area contributed by atoms with Crippen LogP contribution in [0.3, 0.4) is 0 Å². The Hall–Kier alpha value is -1.80. The van der Waals surface area contributed by atoms with Gasteiger partial charge in [0.15, 0.2) is 0 Å². The molecule has 1 fully saturated rings. The van der Waals surface area contributed by atoms with Crippen molar-refractivity contribution in [1.82, 2.24) is 4.90 Å². The number of benzene rings is 2. The van der Waals surface area contributed by atoms with E-state index >= 15 is 0 Å². The molecule has 2 aliphatic rings. The molecular formula is C24H32N2.